The topological polar surface area (TPSA) is 26.3 Å². The van der Waals surface area contributed by atoms with E-state index in [0.717, 1.165) is 30.4 Å². The summed E-state index contributed by atoms with van der Waals surface area (Å²) in [4.78, 5) is 12.0. The Labute approximate surface area is 125 Å². The van der Waals surface area contributed by atoms with Gasteiger partial charge in [0, 0.05) is 5.56 Å². The Bertz CT molecular complexity index is 684. The lowest BCUT2D eigenvalue weighted by molar-refractivity contribution is 0.0717. The van der Waals surface area contributed by atoms with Crippen molar-refractivity contribution in [3.63, 3.8) is 0 Å². The van der Waals surface area contributed by atoms with Gasteiger partial charge >= 0.3 is 5.97 Å². The second-order valence-electron chi connectivity index (χ2n) is 5.25. The molecule has 0 spiro atoms. The second kappa shape index (κ2) is 5.96. The first-order valence-electron chi connectivity index (χ1n) is 7.41. The third-order valence-electron chi connectivity index (χ3n) is 3.72. The summed E-state index contributed by atoms with van der Waals surface area (Å²) >= 11 is 0. The zero-order valence-electron chi connectivity index (χ0n) is 12.1. The number of unbranched alkanes of at least 4 members (excludes halogenated alkanes) is 1. The molecule has 2 nitrogen and oxygen atoms in total. The van der Waals surface area contributed by atoms with Gasteiger partial charge in [-0.2, -0.15) is 0 Å². The van der Waals surface area contributed by atoms with Gasteiger partial charge in [0.1, 0.15) is 5.76 Å². The molecule has 0 radical (unpaired) electrons. The van der Waals surface area contributed by atoms with E-state index in [9.17, 15) is 4.79 Å². The fourth-order valence-corrected chi connectivity index (χ4v) is 2.64. The molecule has 1 aliphatic rings. The highest BCUT2D eigenvalue weighted by atomic mass is 16.5. The van der Waals surface area contributed by atoms with Gasteiger partial charge in [0.05, 0.1) is 5.56 Å². The number of ether oxygens (including phenoxy) is 1. The first-order valence-corrected chi connectivity index (χ1v) is 7.41. The molecule has 0 unspecified atom stereocenters. The number of carbonyl (C=O) groups excluding carboxylic acids is 1. The van der Waals surface area contributed by atoms with Crippen LogP contribution in [0.1, 0.15) is 46.8 Å². The SMILES string of the molecule is CCCCc1cccc2c1C(=Cc1ccccc1)OC2=O. The number of cyclic esters (lactones) is 1. The number of aryl methyl sites for hydroxylation is 1. The maximum atomic E-state index is 12.0. The summed E-state index contributed by atoms with van der Waals surface area (Å²) in [5, 5.41) is 0. The Balaban J connectivity index is 2.05. The molecular formula is C19H18O2. The summed E-state index contributed by atoms with van der Waals surface area (Å²) < 4.78 is 5.48. The van der Waals surface area contributed by atoms with Crippen LogP contribution in [0.25, 0.3) is 11.8 Å². The van der Waals surface area contributed by atoms with Gasteiger partial charge in [-0.05, 0) is 36.1 Å². The molecule has 0 aliphatic carbocycles. The number of rotatable bonds is 4. The van der Waals surface area contributed by atoms with Crippen LogP contribution in [0.2, 0.25) is 0 Å². The minimum absolute atomic E-state index is 0.245. The van der Waals surface area contributed by atoms with Crippen molar-refractivity contribution in [3.8, 4) is 0 Å². The summed E-state index contributed by atoms with van der Waals surface area (Å²) in [6.45, 7) is 2.17. The molecule has 0 saturated heterocycles. The van der Waals surface area contributed by atoms with Gasteiger partial charge in [0.15, 0.2) is 0 Å². The predicted molar refractivity (Wildman–Crippen MR) is 84.8 cm³/mol. The summed E-state index contributed by atoms with van der Waals surface area (Å²) in [7, 11) is 0. The minimum Gasteiger partial charge on any atom is -0.422 e. The largest absolute Gasteiger partial charge is 0.422 e. The molecule has 1 aliphatic heterocycles. The van der Waals surface area contributed by atoms with Crippen molar-refractivity contribution in [2.45, 2.75) is 26.2 Å². The fraction of sp³-hybridized carbons (Fsp3) is 0.211. The van der Waals surface area contributed by atoms with Gasteiger partial charge in [-0.3, -0.25) is 0 Å². The first kappa shape index (κ1) is 13.6. The average Bonchev–Trinajstić information content (AvgIpc) is 2.83. The second-order valence-corrected chi connectivity index (χ2v) is 5.25. The normalized spacial score (nSPS) is 15.1. The molecule has 0 N–H and O–H groups in total. The van der Waals surface area contributed by atoms with Crippen LogP contribution in [-0.2, 0) is 11.2 Å². The number of hydrogen-bond donors (Lipinski definition) is 0. The number of hydrogen-bond acceptors (Lipinski definition) is 2. The van der Waals surface area contributed by atoms with Gasteiger partial charge in [0.25, 0.3) is 0 Å². The van der Waals surface area contributed by atoms with Crippen LogP contribution in [0.15, 0.2) is 48.5 Å². The molecule has 3 rings (SSSR count). The molecule has 0 amide bonds. The Hall–Kier alpha value is -2.35. The molecule has 21 heavy (non-hydrogen) atoms. The molecule has 2 heteroatoms. The van der Waals surface area contributed by atoms with Crippen LogP contribution in [0, 0.1) is 0 Å². The van der Waals surface area contributed by atoms with E-state index in [1.807, 2.05) is 48.5 Å². The van der Waals surface area contributed by atoms with Crippen LogP contribution in [0.5, 0.6) is 0 Å². The van der Waals surface area contributed by atoms with E-state index >= 15 is 0 Å². The smallest absolute Gasteiger partial charge is 0.344 e. The molecule has 0 saturated carbocycles. The molecule has 2 aromatic rings. The average molecular weight is 278 g/mol. The number of benzene rings is 2. The van der Waals surface area contributed by atoms with Crippen molar-refractivity contribution < 1.29 is 9.53 Å². The lowest BCUT2D eigenvalue weighted by Crippen LogP contribution is -1.95. The Morgan fingerprint density at radius 1 is 1.05 bits per heavy atom. The molecule has 0 atom stereocenters. The highest BCUT2D eigenvalue weighted by molar-refractivity contribution is 6.06. The van der Waals surface area contributed by atoms with E-state index in [4.69, 9.17) is 4.74 Å². The van der Waals surface area contributed by atoms with Gasteiger partial charge in [-0.15, -0.1) is 0 Å². The van der Waals surface area contributed by atoms with Crippen LogP contribution in [0.4, 0.5) is 0 Å². The summed E-state index contributed by atoms with van der Waals surface area (Å²) in [5.74, 6) is 0.429. The Morgan fingerprint density at radius 2 is 1.86 bits per heavy atom. The van der Waals surface area contributed by atoms with Gasteiger partial charge in [-0.25, -0.2) is 4.79 Å². The molecule has 0 bridgehead atoms. The third kappa shape index (κ3) is 2.75. The number of esters is 1. The molecule has 106 valence electrons. The van der Waals surface area contributed by atoms with E-state index < -0.39 is 0 Å². The van der Waals surface area contributed by atoms with Crippen molar-refractivity contribution in [1.82, 2.24) is 0 Å². The van der Waals surface area contributed by atoms with E-state index in [2.05, 4.69) is 13.0 Å². The van der Waals surface area contributed by atoms with Crippen LogP contribution in [-0.4, -0.2) is 5.97 Å². The van der Waals surface area contributed by atoms with Gasteiger partial charge in [0.2, 0.25) is 0 Å². The summed E-state index contributed by atoms with van der Waals surface area (Å²) in [6.07, 6.45) is 5.17. The van der Waals surface area contributed by atoms with Crippen LogP contribution >= 0.6 is 0 Å². The molecular weight excluding hydrogens is 260 g/mol. The van der Waals surface area contributed by atoms with Crippen LogP contribution in [0.3, 0.4) is 0 Å². The zero-order chi connectivity index (χ0) is 14.7. The van der Waals surface area contributed by atoms with Crippen molar-refractivity contribution in [2.24, 2.45) is 0 Å². The fourth-order valence-electron chi connectivity index (χ4n) is 2.64. The van der Waals surface area contributed by atoms with Crippen molar-refractivity contribution in [3.05, 3.63) is 70.8 Å². The molecule has 1 heterocycles. The summed E-state index contributed by atoms with van der Waals surface area (Å²) in [5.41, 5.74) is 3.89. The highest BCUT2D eigenvalue weighted by Crippen LogP contribution is 2.34. The molecule has 0 fully saturated rings. The molecule has 0 aromatic heterocycles. The van der Waals surface area contributed by atoms with E-state index in [-0.39, 0.29) is 5.97 Å². The standard InChI is InChI=1S/C19H18O2/c1-2-3-10-15-11-7-12-16-18(15)17(21-19(16)20)13-14-8-5-4-6-9-14/h4-9,11-13H,2-3,10H2,1H3. The van der Waals surface area contributed by atoms with Crippen molar-refractivity contribution >= 4 is 17.8 Å². The maximum Gasteiger partial charge on any atom is 0.344 e. The van der Waals surface area contributed by atoms with Crippen molar-refractivity contribution in [1.29, 1.82) is 0 Å². The Morgan fingerprint density at radius 3 is 2.62 bits per heavy atom. The van der Waals surface area contributed by atoms with Gasteiger partial charge < -0.3 is 4.74 Å². The monoisotopic (exact) mass is 278 g/mol. The highest BCUT2D eigenvalue weighted by Gasteiger charge is 2.28. The quantitative estimate of drug-likeness (QED) is 0.758. The van der Waals surface area contributed by atoms with E-state index in [1.54, 1.807) is 0 Å². The van der Waals surface area contributed by atoms with Gasteiger partial charge in [-0.1, -0.05) is 55.8 Å². The lowest BCUT2D eigenvalue weighted by atomic mass is 9.96. The van der Waals surface area contributed by atoms with E-state index in [1.165, 1.54) is 5.56 Å². The minimum atomic E-state index is -0.245. The Kier molecular flexibility index (Phi) is 3.87. The van der Waals surface area contributed by atoms with Crippen LogP contribution < -0.4 is 0 Å². The third-order valence-corrected chi connectivity index (χ3v) is 3.72. The van der Waals surface area contributed by atoms with E-state index in [0.29, 0.717) is 11.3 Å². The maximum absolute atomic E-state index is 12.0. The molecule has 2 aromatic carbocycles. The number of fused-ring (bicyclic) bond motifs is 1. The zero-order valence-corrected chi connectivity index (χ0v) is 12.1. The van der Waals surface area contributed by atoms with Crippen molar-refractivity contribution in [2.75, 3.05) is 0 Å². The first-order chi connectivity index (χ1) is 10.3. The summed E-state index contributed by atoms with van der Waals surface area (Å²) in [6, 6.07) is 15.8. The number of carbonyl (C=O) groups is 1. The lowest BCUT2D eigenvalue weighted by Gasteiger charge is -2.06. The predicted octanol–water partition coefficient (Wildman–Crippen LogP) is 4.70.